The lowest BCUT2D eigenvalue weighted by molar-refractivity contribution is 0.0696. The van der Waals surface area contributed by atoms with Gasteiger partial charge < -0.3 is 10.4 Å². The molecule has 1 aliphatic heterocycles. The zero-order valence-corrected chi connectivity index (χ0v) is 17.1. The molecule has 4 aromatic carbocycles. The fraction of sp³-hybridized carbons (Fsp3) is 0. The molecule has 0 saturated carbocycles. The molecule has 4 aromatic rings. The molecular weight excluding hydrogens is 420 g/mol. The van der Waals surface area contributed by atoms with E-state index in [1.165, 1.54) is 42.5 Å². The van der Waals surface area contributed by atoms with Crippen molar-refractivity contribution in [1.82, 2.24) is 0 Å². The van der Waals surface area contributed by atoms with E-state index >= 15 is 0 Å². The third-order valence-electron chi connectivity index (χ3n) is 5.55. The number of carbonyl (C=O) groups excluding carboxylic acids is 3. The Kier molecular flexibility index (Phi) is 4.71. The van der Waals surface area contributed by atoms with Crippen molar-refractivity contribution in [2.24, 2.45) is 0 Å². The fourth-order valence-corrected chi connectivity index (χ4v) is 3.90. The van der Waals surface area contributed by atoms with Gasteiger partial charge in [-0.1, -0.05) is 36.4 Å². The van der Waals surface area contributed by atoms with E-state index < -0.39 is 23.7 Å². The molecule has 1 aliphatic rings. The standard InChI is InChI=1S/C26H16N2O5/c29-23(27-18-11-8-16(9-12-18)26(32)33)17-10-13-20-21(14-17)25(31)28(24(20)30)22-7-3-5-15-4-1-2-6-19(15)22/h1-14H,(H,27,29)(H,32,33). The van der Waals surface area contributed by atoms with Gasteiger partial charge in [-0.3, -0.25) is 14.4 Å². The zero-order chi connectivity index (χ0) is 23.1. The lowest BCUT2D eigenvalue weighted by Gasteiger charge is -2.16. The first-order valence-corrected chi connectivity index (χ1v) is 10.1. The van der Waals surface area contributed by atoms with Crippen LogP contribution in [0, 0.1) is 0 Å². The first kappa shape index (κ1) is 20.1. The second-order valence-electron chi connectivity index (χ2n) is 7.54. The van der Waals surface area contributed by atoms with E-state index in [4.69, 9.17) is 5.11 Å². The van der Waals surface area contributed by atoms with E-state index in [9.17, 15) is 19.2 Å². The highest BCUT2D eigenvalue weighted by molar-refractivity contribution is 6.36. The van der Waals surface area contributed by atoms with Crippen molar-refractivity contribution in [3.05, 3.63) is 107 Å². The fourth-order valence-electron chi connectivity index (χ4n) is 3.90. The number of fused-ring (bicyclic) bond motifs is 2. The second kappa shape index (κ2) is 7.72. The number of carboxylic acids is 1. The molecule has 1 heterocycles. The summed E-state index contributed by atoms with van der Waals surface area (Å²) in [6, 6.07) is 23.0. The maximum absolute atomic E-state index is 13.2. The number of imide groups is 1. The summed E-state index contributed by atoms with van der Waals surface area (Å²) in [7, 11) is 0. The van der Waals surface area contributed by atoms with Crippen molar-refractivity contribution < 1.29 is 24.3 Å². The number of hydrogen-bond acceptors (Lipinski definition) is 4. The Bertz CT molecular complexity index is 1470. The lowest BCUT2D eigenvalue weighted by Crippen LogP contribution is -2.29. The molecule has 0 atom stereocenters. The average molecular weight is 436 g/mol. The van der Waals surface area contributed by atoms with Gasteiger partial charge in [0.2, 0.25) is 0 Å². The van der Waals surface area contributed by atoms with Crippen molar-refractivity contribution in [3.63, 3.8) is 0 Å². The summed E-state index contributed by atoms with van der Waals surface area (Å²) < 4.78 is 0. The number of anilines is 2. The number of amides is 3. The molecule has 2 N–H and O–H groups in total. The van der Waals surface area contributed by atoms with Gasteiger partial charge in [0, 0.05) is 16.6 Å². The summed E-state index contributed by atoms with van der Waals surface area (Å²) >= 11 is 0. The van der Waals surface area contributed by atoms with E-state index in [0.29, 0.717) is 11.4 Å². The maximum atomic E-state index is 13.2. The monoisotopic (exact) mass is 436 g/mol. The molecule has 0 bridgehead atoms. The average Bonchev–Trinajstić information content (AvgIpc) is 3.08. The molecular formula is C26H16N2O5. The minimum atomic E-state index is -1.06. The topological polar surface area (TPSA) is 104 Å². The predicted octanol–water partition coefficient (Wildman–Crippen LogP) is 4.59. The summed E-state index contributed by atoms with van der Waals surface area (Å²) in [6.45, 7) is 0. The lowest BCUT2D eigenvalue weighted by atomic mass is 10.1. The molecule has 0 saturated heterocycles. The summed E-state index contributed by atoms with van der Waals surface area (Å²) in [5.74, 6) is -2.48. The molecule has 7 nitrogen and oxygen atoms in total. The molecule has 0 radical (unpaired) electrons. The molecule has 0 fully saturated rings. The van der Waals surface area contributed by atoms with Crippen LogP contribution in [0.4, 0.5) is 11.4 Å². The third-order valence-corrected chi connectivity index (χ3v) is 5.55. The van der Waals surface area contributed by atoms with Gasteiger partial charge in [0.05, 0.1) is 22.4 Å². The minimum Gasteiger partial charge on any atom is -0.478 e. The van der Waals surface area contributed by atoms with Crippen LogP contribution in [0.2, 0.25) is 0 Å². The highest BCUT2D eigenvalue weighted by atomic mass is 16.4. The maximum Gasteiger partial charge on any atom is 0.335 e. The van der Waals surface area contributed by atoms with Crippen LogP contribution in [-0.4, -0.2) is 28.8 Å². The predicted molar refractivity (Wildman–Crippen MR) is 123 cm³/mol. The Morgan fingerprint density at radius 3 is 2.15 bits per heavy atom. The number of nitrogens with one attached hydrogen (secondary N) is 1. The van der Waals surface area contributed by atoms with Crippen LogP contribution < -0.4 is 10.2 Å². The SMILES string of the molecule is O=C(O)c1ccc(NC(=O)c2ccc3c(c2)C(=O)N(c2cccc4ccccc24)C3=O)cc1. The molecule has 7 heteroatoms. The van der Waals surface area contributed by atoms with Crippen molar-refractivity contribution in [2.45, 2.75) is 0 Å². The van der Waals surface area contributed by atoms with Crippen molar-refractivity contribution >= 4 is 45.8 Å². The number of aromatic carboxylic acids is 1. The molecule has 5 rings (SSSR count). The number of carbonyl (C=O) groups is 4. The van der Waals surface area contributed by atoms with Crippen LogP contribution in [0.5, 0.6) is 0 Å². The molecule has 0 aromatic heterocycles. The number of hydrogen-bond donors (Lipinski definition) is 2. The summed E-state index contributed by atoms with van der Waals surface area (Å²) in [6.07, 6.45) is 0. The second-order valence-corrected chi connectivity index (χ2v) is 7.54. The smallest absolute Gasteiger partial charge is 0.335 e. The van der Waals surface area contributed by atoms with Gasteiger partial charge in [0.1, 0.15) is 0 Å². The van der Waals surface area contributed by atoms with E-state index in [-0.39, 0.29) is 22.3 Å². The van der Waals surface area contributed by atoms with E-state index in [2.05, 4.69) is 5.32 Å². The Morgan fingerprint density at radius 2 is 1.39 bits per heavy atom. The molecule has 160 valence electrons. The van der Waals surface area contributed by atoms with Gasteiger partial charge >= 0.3 is 5.97 Å². The first-order valence-electron chi connectivity index (χ1n) is 10.1. The van der Waals surface area contributed by atoms with Gasteiger partial charge in [-0.15, -0.1) is 0 Å². The van der Waals surface area contributed by atoms with Crippen LogP contribution in [0.3, 0.4) is 0 Å². The summed E-state index contributed by atoms with van der Waals surface area (Å²) in [4.78, 5) is 51.1. The van der Waals surface area contributed by atoms with Gasteiger partial charge in [0.25, 0.3) is 17.7 Å². The Balaban J connectivity index is 1.45. The molecule has 3 amide bonds. The van der Waals surface area contributed by atoms with Crippen LogP contribution >= 0.6 is 0 Å². The first-order chi connectivity index (χ1) is 15.9. The van der Waals surface area contributed by atoms with Crippen LogP contribution in [-0.2, 0) is 0 Å². The van der Waals surface area contributed by atoms with E-state index in [0.717, 1.165) is 15.7 Å². The molecule has 0 spiro atoms. The van der Waals surface area contributed by atoms with Gasteiger partial charge in [-0.25, -0.2) is 9.69 Å². The Labute approximate surface area is 187 Å². The largest absolute Gasteiger partial charge is 0.478 e. The normalized spacial score (nSPS) is 12.7. The van der Waals surface area contributed by atoms with Crippen LogP contribution in [0.1, 0.15) is 41.4 Å². The molecule has 0 aliphatic carbocycles. The quantitative estimate of drug-likeness (QED) is 0.456. The number of nitrogens with zero attached hydrogens (tertiary/aromatic N) is 1. The Hall–Kier alpha value is -4.78. The minimum absolute atomic E-state index is 0.100. The van der Waals surface area contributed by atoms with Gasteiger partial charge in [-0.05, 0) is 53.9 Å². The molecule has 0 unspecified atom stereocenters. The Morgan fingerprint density at radius 1 is 0.727 bits per heavy atom. The van der Waals surface area contributed by atoms with Gasteiger partial charge in [-0.2, -0.15) is 0 Å². The molecule has 33 heavy (non-hydrogen) atoms. The summed E-state index contributed by atoms with van der Waals surface area (Å²) in [5, 5.41) is 13.3. The highest BCUT2D eigenvalue weighted by Crippen LogP contribution is 2.34. The van der Waals surface area contributed by atoms with Crippen LogP contribution in [0.15, 0.2) is 84.9 Å². The highest BCUT2D eigenvalue weighted by Gasteiger charge is 2.37. The number of benzene rings is 4. The van der Waals surface area contributed by atoms with Crippen LogP contribution in [0.25, 0.3) is 10.8 Å². The third kappa shape index (κ3) is 3.41. The van der Waals surface area contributed by atoms with Gasteiger partial charge in [0.15, 0.2) is 0 Å². The van der Waals surface area contributed by atoms with Crippen molar-refractivity contribution in [2.75, 3.05) is 10.2 Å². The van der Waals surface area contributed by atoms with E-state index in [1.807, 2.05) is 30.3 Å². The van der Waals surface area contributed by atoms with Crippen molar-refractivity contribution in [3.8, 4) is 0 Å². The van der Waals surface area contributed by atoms with Crippen molar-refractivity contribution in [1.29, 1.82) is 0 Å². The number of rotatable bonds is 4. The summed E-state index contributed by atoms with van der Waals surface area (Å²) in [5.41, 5.74) is 1.59. The van der Waals surface area contributed by atoms with E-state index in [1.54, 1.807) is 12.1 Å². The zero-order valence-electron chi connectivity index (χ0n) is 17.1. The number of carboxylic acid groups (broad SMARTS) is 1.